The highest BCUT2D eigenvalue weighted by atomic mass is 32.2. The Morgan fingerprint density at radius 1 is 1.00 bits per heavy atom. The molecule has 0 bridgehead atoms. The first kappa shape index (κ1) is 19.0. The number of hydrogen-bond donors (Lipinski definition) is 0. The summed E-state index contributed by atoms with van der Waals surface area (Å²) in [6.45, 7) is 3.88. The van der Waals surface area contributed by atoms with Crippen LogP contribution in [-0.2, 0) is 20.5 Å². The number of rotatable bonds is 0. The molecule has 0 amide bonds. The van der Waals surface area contributed by atoms with Crippen molar-refractivity contribution in [2.24, 2.45) is 14.1 Å². The fraction of sp³-hybridized carbons (Fsp3) is 0.333. The maximum atomic E-state index is 11.6. The van der Waals surface area contributed by atoms with Gasteiger partial charge in [0.05, 0.1) is 10.9 Å². The zero-order valence-electron chi connectivity index (χ0n) is 15.3. The average Bonchev–Trinajstić information content (AvgIpc) is 3.00. The molecule has 142 valence electrons. The van der Waals surface area contributed by atoms with E-state index in [1.165, 1.54) is 25.9 Å². The van der Waals surface area contributed by atoms with Crippen LogP contribution in [0.1, 0.15) is 18.1 Å². The van der Waals surface area contributed by atoms with Gasteiger partial charge in [0.15, 0.2) is 5.09 Å². The van der Waals surface area contributed by atoms with Gasteiger partial charge < -0.3 is 8.83 Å². The highest BCUT2D eigenvalue weighted by Crippen LogP contribution is 2.33. The van der Waals surface area contributed by atoms with E-state index >= 15 is 0 Å². The van der Waals surface area contributed by atoms with Crippen LogP contribution in [0.25, 0.3) is 11.0 Å². The van der Waals surface area contributed by atoms with E-state index in [0.717, 1.165) is 14.7 Å². The summed E-state index contributed by atoms with van der Waals surface area (Å²) in [5, 5.41) is 1.26. The Hall–Kier alpha value is -2.81. The van der Waals surface area contributed by atoms with Gasteiger partial charge >= 0.3 is 11.5 Å². The lowest BCUT2D eigenvalue weighted by Crippen LogP contribution is -2.32. The van der Waals surface area contributed by atoms with Crippen molar-refractivity contribution < 1.29 is 8.83 Å². The maximum absolute atomic E-state index is 11.6. The number of thioether (sulfide) groups is 1. The molecule has 0 fully saturated rings. The molecular weight excluding hydrogens is 372 g/mol. The van der Waals surface area contributed by atoms with Crippen LogP contribution in [-0.4, -0.2) is 14.4 Å². The third-order valence-corrected chi connectivity index (χ3v) is 5.32. The molecule has 9 heteroatoms. The molecule has 1 aliphatic rings. The number of fused-ring (bicyclic) bond motifs is 2. The predicted molar refractivity (Wildman–Crippen MR) is 102 cm³/mol. The summed E-state index contributed by atoms with van der Waals surface area (Å²) in [5.74, 6) is -1.21. The van der Waals surface area contributed by atoms with Crippen molar-refractivity contribution in [3.05, 3.63) is 71.1 Å². The second-order valence-electron chi connectivity index (χ2n) is 6.36. The number of hydrogen-bond acceptors (Lipinski definition) is 7. The molecule has 0 radical (unpaired) electrons. The van der Waals surface area contributed by atoms with Gasteiger partial charge in [-0.25, -0.2) is 18.7 Å². The molecule has 3 aromatic rings. The monoisotopic (exact) mass is 390 g/mol. The SMILES string of the molecule is CC1Cc2c(oc(=O)n(C)c2=O)S1.Cc1ccc2oc(=O)n(C)c(=O)c2c1. The summed E-state index contributed by atoms with van der Waals surface area (Å²) in [5.41, 5.74) is 1.40. The van der Waals surface area contributed by atoms with Crippen LogP contribution < -0.4 is 22.6 Å². The van der Waals surface area contributed by atoms with E-state index in [1.807, 2.05) is 13.8 Å². The predicted octanol–water partition coefficient (Wildman–Crippen LogP) is 1.18. The van der Waals surface area contributed by atoms with Crippen molar-refractivity contribution in [3.63, 3.8) is 0 Å². The van der Waals surface area contributed by atoms with E-state index in [9.17, 15) is 19.2 Å². The molecule has 2 aromatic heterocycles. The maximum Gasteiger partial charge on any atom is 0.422 e. The van der Waals surface area contributed by atoms with Crippen LogP contribution in [0.15, 0.2) is 51.3 Å². The lowest BCUT2D eigenvalue weighted by molar-refractivity contribution is 0.364. The summed E-state index contributed by atoms with van der Waals surface area (Å²) < 4.78 is 11.9. The fourth-order valence-electron chi connectivity index (χ4n) is 2.69. The summed E-state index contributed by atoms with van der Waals surface area (Å²) in [6.07, 6.45) is 0.691. The van der Waals surface area contributed by atoms with E-state index in [-0.39, 0.29) is 11.1 Å². The van der Waals surface area contributed by atoms with Crippen molar-refractivity contribution in [2.45, 2.75) is 30.6 Å². The molecule has 0 saturated carbocycles. The standard InChI is InChI=1S/C10H9NO3.C8H9NO3S/c1-6-3-4-8-7(5-6)9(12)11(2)10(13)14-8;1-4-3-5-6(10)9(2)8(11)12-7(5)13-4/h3-5H,1-2H3;4H,3H2,1-2H3. The van der Waals surface area contributed by atoms with Crippen LogP contribution in [0.3, 0.4) is 0 Å². The Labute approximate surface area is 157 Å². The number of nitrogens with zero attached hydrogens (tertiary/aromatic N) is 2. The number of aromatic nitrogens is 2. The van der Waals surface area contributed by atoms with Gasteiger partial charge in [0, 0.05) is 19.3 Å². The Bertz CT molecular complexity index is 1260. The van der Waals surface area contributed by atoms with E-state index in [4.69, 9.17) is 8.83 Å². The molecule has 1 aliphatic heterocycles. The molecule has 27 heavy (non-hydrogen) atoms. The van der Waals surface area contributed by atoms with Gasteiger partial charge in [-0.3, -0.25) is 9.59 Å². The summed E-state index contributed by atoms with van der Waals surface area (Å²) in [4.78, 5) is 45.3. The van der Waals surface area contributed by atoms with Gasteiger partial charge in [-0.15, -0.1) is 0 Å². The van der Waals surface area contributed by atoms with Crippen LogP contribution in [0, 0.1) is 6.92 Å². The second-order valence-corrected chi connectivity index (χ2v) is 7.77. The molecule has 0 N–H and O–H groups in total. The zero-order chi connectivity index (χ0) is 19.9. The molecule has 0 saturated heterocycles. The third-order valence-electron chi connectivity index (χ3n) is 4.20. The highest BCUT2D eigenvalue weighted by molar-refractivity contribution is 8.00. The van der Waals surface area contributed by atoms with Gasteiger partial charge in [0.2, 0.25) is 0 Å². The summed E-state index contributed by atoms with van der Waals surface area (Å²) in [6, 6.07) is 5.14. The van der Waals surface area contributed by atoms with Gasteiger partial charge in [0.25, 0.3) is 11.1 Å². The topological polar surface area (TPSA) is 104 Å². The van der Waals surface area contributed by atoms with Crippen LogP contribution in [0.5, 0.6) is 0 Å². The lowest BCUT2D eigenvalue weighted by Gasteiger charge is -1.99. The second kappa shape index (κ2) is 7.07. The zero-order valence-corrected chi connectivity index (χ0v) is 16.1. The molecule has 0 aliphatic carbocycles. The van der Waals surface area contributed by atoms with Crippen molar-refractivity contribution in [1.29, 1.82) is 0 Å². The smallest absolute Gasteiger partial charge is 0.409 e. The minimum absolute atomic E-state index is 0.219. The molecule has 3 heterocycles. The Morgan fingerprint density at radius 3 is 2.33 bits per heavy atom. The molecule has 4 rings (SSSR count). The molecule has 1 unspecified atom stereocenters. The molecular formula is C18H18N2O6S. The van der Waals surface area contributed by atoms with Crippen LogP contribution >= 0.6 is 11.8 Å². The van der Waals surface area contributed by atoms with Gasteiger partial charge in [-0.05, 0) is 25.5 Å². The lowest BCUT2D eigenvalue weighted by atomic mass is 10.2. The summed E-state index contributed by atoms with van der Waals surface area (Å²) >= 11 is 1.45. The van der Waals surface area contributed by atoms with Gasteiger partial charge in [0.1, 0.15) is 5.58 Å². The highest BCUT2D eigenvalue weighted by Gasteiger charge is 2.25. The first-order chi connectivity index (χ1) is 12.7. The average molecular weight is 390 g/mol. The third kappa shape index (κ3) is 3.55. The van der Waals surface area contributed by atoms with E-state index in [0.29, 0.717) is 33.3 Å². The van der Waals surface area contributed by atoms with E-state index < -0.39 is 11.5 Å². The molecule has 1 atom stereocenters. The van der Waals surface area contributed by atoms with Crippen molar-refractivity contribution in [2.75, 3.05) is 0 Å². The minimum atomic E-state index is -0.633. The minimum Gasteiger partial charge on any atom is -0.409 e. The fourth-order valence-corrected chi connectivity index (χ4v) is 3.73. The first-order valence-corrected chi connectivity index (χ1v) is 9.07. The largest absolute Gasteiger partial charge is 0.422 e. The Morgan fingerprint density at radius 2 is 1.63 bits per heavy atom. The van der Waals surface area contributed by atoms with Gasteiger partial charge in [-0.1, -0.05) is 30.3 Å². The van der Waals surface area contributed by atoms with Crippen LogP contribution in [0.4, 0.5) is 0 Å². The quantitative estimate of drug-likeness (QED) is 0.567. The van der Waals surface area contributed by atoms with Crippen LogP contribution in [0.2, 0.25) is 0 Å². The van der Waals surface area contributed by atoms with Crippen molar-refractivity contribution in [1.82, 2.24) is 9.13 Å². The van der Waals surface area contributed by atoms with E-state index in [2.05, 4.69) is 0 Å². The molecule has 1 aromatic carbocycles. The Balaban J connectivity index is 0.000000156. The molecule has 8 nitrogen and oxygen atoms in total. The normalized spacial score (nSPS) is 15.3. The van der Waals surface area contributed by atoms with Crippen molar-refractivity contribution in [3.8, 4) is 0 Å². The van der Waals surface area contributed by atoms with E-state index in [1.54, 1.807) is 18.2 Å². The first-order valence-electron chi connectivity index (χ1n) is 8.19. The Kier molecular flexibility index (Phi) is 4.97. The molecule has 0 spiro atoms. The number of benzene rings is 1. The van der Waals surface area contributed by atoms with Crippen molar-refractivity contribution >= 4 is 22.7 Å². The van der Waals surface area contributed by atoms with Gasteiger partial charge in [-0.2, -0.15) is 0 Å². The number of aryl methyl sites for hydroxylation is 1. The summed E-state index contributed by atoms with van der Waals surface area (Å²) in [7, 11) is 2.83.